The second kappa shape index (κ2) is 3.42. The van der Waals surface area contributed by atoms with Crippen LogP contribution in [0.15, 0.2) is 6.20 Å². The van der Waals surface area contributed by atoms with Gasteiger partial charge in [-0.05, 0) is 12.5 Å². The Hall–Kier alpha value is -1.27. The number of aromatic nitrogens is 1. The molecule has 0 atom stereocenters. The molecule has 1 aromatic rings. The lowest BCUT2D eigenvalue weighted by atomic mass is 10.2. The molecule has 0 saturated carbocycles. The lowest BCUT2D eigenvalue weighted by Crippen LogP contribution is -1.93. The Morgan fingerprint density at radius 3 is 2.83 bits per heavy atom. The maximum atomic E-state index is 8.70. The number of aryl methyl sites for hydroxylation is 1. The minimum atomic E-state index is 0.278. The average Bonchev–Trinajstić information content (AvgIpc) is 2.06. The van der Waals surface area contributed by atoms with E-state index in [1.54, 1.807) is 13.1 Å². The van der Waals surface area contributed by atoms with Crippen LogP contribution in [-0.4, -0.2) is 12.1 Å². The van der Waals surface area contributed by atoms with Crippen LogP contribution in [0.2, 0.25) is 5.02 Å². The molecule has 1 aromatic heterocycles. The third kappa shape index (κ3) is 1.34. The Bertz CT molecular complexity index is 344. The Balaban J connectivity index is 3.36. The smallest absolute Gasteiger partial charge is 0.233 e. The zero-order valence-electron chi connectivity index (χ0n) is 6.76. The standard InChI is InChI=1S/C8H7ClN2O/c1-5-4-11-8(12-2)7(9)6(5)3-10/h4H,1-2H3. The number of nitrogens with zero attached hydrogens (tertiary/aromatic N) is 2. The molecule has 0 spiro atoms. The first-order valence-electron chi connectivity index (χ1n) is 3.30. The lowest BCUT2D eigenvalue weighted by Gasteiger charge is -2.03. The van der Waals surface area contributed by atoms with Crippen LogP contribution < -0.4 is 4.74 Å². The van der Waals surface area contributed by atoms with Gasteiger partial charge >= 0.3 is 0 Å². The van der Waals surface area contributed by atoms with E-state index < -0.39 is 0 Å². The van der Waals surface area contributed by atoms with E-state index in [1.807, 2.05) is 6.07 Å². The number of hydrogen-bond donors (Lipinski definition) is 0. The summed E-state index contributed by atoms with van der Waals surface area (Å²) in [6.45, 7) is 1.77. The number of ether oxygens (including phenoxy) is 1. The van der Waals surface area contributed by atoms with Crippen molar-refractivity contribution in [1.29, 1.82) is 5.26 Å². The number of methoxy groups -OCH3 is 1. The molecule has 0 aliphatic heterocycles. The largest absolute Gasteiger partial charge is 0.480 e. The highest BCUT2D eigenvalue weighted by atomic mass is 35.5. The number of rotatable bonds is 1. The topological polar surface area (TPSA) is 45.9 Å². The minimum Gasteiger partial charge on any atom is -0.480 e. The van der Waals surface area contributed by atoms with Gasteiger partial charge in [0.05, 0.1) is 12.7 Å². The van der Waals surface area contributed by atoms with Crippen molar-refractivity contribution in [2.24, 2.45) is 0 Å². The van der Waals surface area contributed by atoms with Crippen LogP contribution in [0.3, 0.4) is 0 Å². The van der Waals surface area contributed by atoms with Gasteiger partial charge in [0.15, 0.2) is 0 Å². The van der Waals surface area contributed by atoms with Gasteiger partial charge < -0.3 is 4.74 Å². The van der Waals surface area contributed by atoms with Gasteiger partial charge in [-0.15, -0.1) is 0 Å². The number of halogens is 1. The quantitative estimate of drug-likeness (QED) is 0.667. The van der Waals surface area contributed by atoms with Crippen LogP contribution in [0, 0.1) is 18.3 Å². The van der Waals surface area contributed by atoms with Crippen LogP contribution >= 0.6 is 11.6 Å². The molecule has 1 rings (SSSR count). The van der Waals surface area contributed by atoms with Gasteiger partial charge in [0.1, 0.15) is 11.1 Å². The molecule has 0 unspecified atom stereocenters. The van der Waals surface area contributed by atoms with E-state index in [0.29, 0.717) is 11.4 Å². The molecule has 12 heavy (non-hydrogen) atoms. The average molecular weight is 183 g/mol. The maximum Gasteiger partial charge on any atom is 0.233 e. The summed E-state index contributed by atoms with van der Waals surface area (Å²) in [6, 6.07) is 1.99. The monoisotopic (exact) mass is 182 g/mol. The Kier molecular flexibility index (Phi) is 2.51. The fraction of sp³-hybridized carbons (Fsp3) is 0.250. The number of hydrogen-bond acceptors (Lipinski definition) is 3. The summed E-state index contributed by atoms with van der Waals surface area (Å²) in [6.07, 6.45) is 1.56. The van der Waals surface area contributed by atoms with Crippen molar-refractivity contribution in [2.45, 2.75) is 6.92 Å². The van der Waals surface area contributed by atoms with Crippen molar-refractivity contribution in [1.82, 2.24) is 4.98 Å². The van der Waals surface area contributed by atoms with Crippen molar-refractivity contribution in [3.05, 3.63) is 22.3 Å². The lowest BCUT2D eigenvalue weighted by molar-refractivity contribution is 0.398. The van der Waals surface area contributed by atoms with E-state index in [0.717, 1.165) is 5.56 Å². The molecule has 0 bridgehead atoms. The van der Waals surface area contributed by atoms with Gasteiger partial charge in [-0.3, -0.25) is 0 Å². The number of pyridine rings is 1. The highest BCUT2D eigenvalue weighted by Gasteiger charge is 2.09. The molecule has 0 saturated heterocycles. The van der Waals surface area contributed by atoms with Gasteiger partial charge in [-0.2, -0.15) is 5.26 Å². The third-order valence-electron chi connectivity index (χ3n) is 1.48. The van der Waals surface area contributed by atoms with Gasteiger partial charge in [-0.25, -0.2) is 4.98 Å². The minimum absolute atomic E-state index is 0.278. The van der Waals surface area contributed by atoms with Gasteiger partial charge in [0, 0.05) is 6.20 Å². The molecule has 4 heteroatoms. The first-order chi connectivity index (χ1) is 5.70. The van der Waals surface area contributed by atoms with E-state index in [-0.39, 0.29) is 5.02 Å². The van der Waals surface area contributed by atoms with Crippen molar-refractivity contribution in [2.75, 3.05) is 7.11 Å². The predicted molar refractivity (Wildman–Crippen MR) is 45.3 cm³/mol. The third-order valence-corrected chi connectivity index (χ3v) is 1.83. The molecule has 0 amide bonds. The van der Waals surface area contributed by atoms with Crippen molar-refractivity contribution in [3.63, 3.8) is 0 Å². The van der Waals surface area contributed by atoms with Crippen molar-refractivity contribution < 1.29 is 4.74 Å². The SMILES string of the molecule is COc1ncc(C)c(C#N)c1Cl. The molecule has 62 valence electrons. The molecule has 0 aliphatic carbocycles. The Morgan fingerprint density at radius 1 is 1.67 bits per heavy atom. The normalized spacial score (nSPS) is 9.17. The second-order valence-electron chi connectivity index (χ2n) is 2.25. The van der Waals surface area contributed by atoms with Crippen molar-refractivity contribution >= 4 is 11.6 Å². The zero-order chi connectivity index (χ0) is 9.14. The first kappa shape index (κ1) is 8.82. The van der Waals surface area contributed by atoms with E-state index in [2.05, 4.69) is 4.98 Å². The summed E-state index contributed by atoms with van der Waals surface area (Å²) < 4.78 is 4.85. The van der Waals surface area contributed by atoms with Gasteiger partial charge in [0.2, 0.25) is 5.88 Å². The molecule has 0 aromatic carbocycles. The van der Waals surface area contributed by atoms with Crippen LogP contribution in [-0.2, 0) is 0 Å². The Labute approximate surface area is 75.6 Å². The number of nitriles is 1. The van der Waals surface area contributed by atoms with E-state index in [9.17, 15) is 0 Å². The van der Waals surface area contributed by atoms with Gasteiger partial charge in [0.25, 0.3) is 0 Å². The van der Waals surface area contributed by atoms with E-state index in [1.165, 1.54) is 7.11 Å². The highest BCUT2D eigenvalue weighted by Crippen LogP contribution is 2.26. The molecule has 3 nitrogen and oxygen atoms in total. The van der Waals surface area contributed by atoms with Crippen LogP contribution in [0.25, 0.3) is 0 Å². The second-order valence-corrected chi connectivity index (χ2v) is 2.63. The summed E-state index contributed by atoms with van der Waals surface area (Å²) in [5, 5.41) is 8.98. The molecule has 0 radical (unpaired) electrons. The first-order valence-corrected chi connectivity index (χ1v) is 3.67. The summed E-state index contributed by atoms with van der Waals surface area (Å²) in [5.41, 5.74) is 1.17. The molecular formula is C8H7ClN2O. The summed E-state index contributed by atoms with van der Waals surface area (Å²) >= 11 is 5.80. The van der Waals surface area contributed by atoms with Crippen molar-refractivity contribution in [3.8, 4) is 11.9 Å². The fourth-order valence-corrected chi connectivity index (χ4v) is 1.15. The maximum absolute atomic E-state index is 8.70. The molecule has 0 fully saturated rings. The molecule has 1 heterocycles. The van der Waals surface area contributed by atoms with E-state index >= 15 is 0 Å². The highest BCUT2D eigenvalue weighted by molar-refractivity contribution is 6.33. The van der Waals surface area contributed by atoms with Crippen LogP contribution in [0.4, 0.5) is 0 Å². The summed E-state index contributed by atoms with van der Waals surface area (Å²) in [4.78, 5) is 3.90. The van der Waals surface area contributed by atoms with Gasteiger partial charge in [-0.1, -0.05) is 11.6 Å². The molecule has 0 N–H and O–H groups in total. The van der Waals surface area contributed by atoms with Crippen LogP contribution in [0.1, 0.15) is 11.1 Å². The summed E-state index contributed by atoms with van der Waals surface area (Å²) in [7, 11) is 1.46. The molecular weight excluding hydrogens is 176 g/mol. The predicted octanol–water partition coefficient (Wildman–Crippen LogP) is 1.92. The zero-order valence-corrected chi connectivity index (χ0v) is 7.51. The fourth-order valence-electron chi connectivity index (χ4n) is 0.836. The molecule has 0 aliphatic rings. The Morgan fingerprint density at radius 2 is 2.33 bits per heavy atom. The van der Waals surface area contributed by atoms with Crippen LogP contribution in [0.5, 0.6) is 5.88 Å². The summed E-state index contributed by atoms with van der Waals surface area (Å²) in [5.74, 6) is 0.291. The van der Waals surface area contributed by atoms with E-state index in [4.69, 9.17) is 21.6 Å².